The molecule has 0 aliphatic carbocycles. The topological polar surface area (TPSA) is 57.0 Å². The first-order chi connectivity index (χ1) is 13.1. The fourth-order valence-electron chi connectivity index (χ4n) is 2.76. The zero-order valence-corrected chi connectivity index (χ0v) is 15.5. The van der Waals surface area contributed by atoms with Gasteiger partial charge in [-0.2, -0.15) is 9.67 Å². The van der Waals surface area contributed by atoms with Crippen LogP contribution in [0.1, 0.15) is 42.6 Å². The van der Waals surface area contributed by atoms with Crippen LogP contribution >= 0.6 is 0 Å². The number of halogens is 1. The molecule has 0 fully saturated rings. The molecule has 6 heteroatoms. The number of aromatic nitrogens is 3. The van der Waals surface area contributed by atoms with E-state index < -0.39 is 5.82 Å². The Hall–Kier alpha value is -3.02. The van der Waals surface area contributed by atoms with Gasteiger partial charge in [-0.3, -0.25) is 4.79 Å². The molecule has 3 rings (SSSR count). The second-order valence-electron chi connectivity index (χ2n) is 6.18. The first kappa shape index (κ1) is 18.8. The van der Waals surface area contributed by atoms with Crippen molar-refractivity contribution in [1.29, 1.82) is 0 Å². The Morgan fingerprint density at radius 1 is 1.15 bits per heavy atom. The zero-order valence-electron chi connectivity index (χ0n) is 15.5. The predicted molar refractivity (Wildman–Crippen MR) is 101 cm³/mol. The van der Waals surface area contributed by atoms with Gasteiger partial charge in [-0.05, 0) is 49.6 Å². The molecule has 0 amide bonds. The average molecular weight is 367 g/mol. The molecular formula is C21H22FN3O2. The quantitative estimate of drug-likeness (QED) is 0.616. The SMILES string of the molecule is CCCCc1ccc(C(=O)n2nc(OCC)nc2-c2cccc(F)c2)cc1. The van der Waals surface area contributed by atoms with E-state index >= 15 is 0 Å². The molecular weight excluding hydrogens is 345 g/mol. The maximum Gasteiger partial charge on any atom is 0.336 e. The standard InChI is InChI=1S/C21H22FN3O2/c1-3-5-7-15-10-12-16(13-11-15)20(26)25-19(23-21(24-25)27-4-2)17-8-6-9-18(22)14-17/h6,8-14H,3-5,7H2,1-2H3. The van der Waals surface area contributed by atoms with Gasteiger partial charge in [-0.25, -0.2) is 4.39 Å². The molecule has 0 aliphatic rings. The number of aryl methyl sites for hydroxylation is 1. The summed E-state index contributed by atoms with van der Waals surface area (Å²) in [6.45, 7) is 4.32. The summed E-state index contributed by atoms with van der Waals surface area (Å²) in [5, 5.41) is 4.17. The smallest absolute Gasteiger partial charge is 0.336 e. The zero-order chi connectivity index (χ0) is 19.2. The molecule has 1 heterocycles. The molecule has 0 bridgehead atoms. The second-order valence-corrected chi connectivity index (χ2v) is 6.18. The molecule has 0 radical (unpaired) electrons. The molecule has 0 spiro atoms. The van der Waals surface area contributed by atoms with E-state index in [0.717, 1.165) is 19.3 Å². The van der Waals surface area contributed by atoms with Crippen LogP contribution < -0.4 is 4.74 Å². The van der Waals surface area contributed by atoms with Crippen molar-refractivity contribution in [3.63, 3.8) is 0 Å². The van der Waals surface area contributed by atoms with Gasteiger partial charge in [0, 0.05) is 11.1 Å². The van der Waals surface area contributed by atoms with E-state index in [9.17, 15) is 9.18 Å². The lowest BCUT2D eigenvalue weighted by Gasteiger charge is -2.06. The van der Waals surface area contributed by atoms with Crippen molar-refractivity contribution in [2.45, 2.75) is 33.1 Å². The summed E-state index contributed by atoms with van der Waals surface area (Å²) in [7, 11) is 0. The molecule has 0 aliphatic heterocycles. The molecule has 0 saturated carbocycles. The van der Waals surface area contributed by atoms with Crippen LogP contribution in [0.2, 0.25) is 0 Å². The highest BCUT2D eigenvalue weighted by atomic mass is 19.1. The Morgan fingerprint density at radius 3 is 2.59 bits per heavy atom. The first-order valence-corrected chi connectivity index (χ1v) is 9.11. The maximum absolute atomic E-state index is 13.6. The van der Waals surface area contributed by atoms with E-state index in [2.05, 4.69) is 17.0 Å². The molecule has 0 saturated heterocycles. The van der Waals surface area contributed by atoms with Crippen LogP contribution in [0.5, 0.6) is 6.01 Å². The Morgan fingerprint density at radius 2 is 1.93 bits per heavy atom. The maximum atomic E-state index is 13.6. The lowest BCUT2D eigenvalue weighted by molar-refractivity contribution is 0.0945. The second kappa shape index (κ2) is 8.58. The minimum atomic E-state index is -0.410. The number of benzene rings is 2. The van der Waals surface area contributed by atoms with Gasteiger partial charge in [0.25, 0.3) is 5.91 Å². The molecule has 0 unspecified atom stereocenters. The molecule has 0 atom stereocenters. The highest BCUT2D eigenvalue weighted by Gasteiger charge is 2.20. The highest BCUT2D eigenvalue weighted by Crippen LogP contribution is 2.22. The minimum absolute atomic E-state index is 0.0877. The van der Waals surface area contributed by atoms with Gasteiger partial charge < -0.3 is 4.74 Å². The molecule has 2 aromatic carbocycles. The Bertz CT molecular complexity index is 919. The fraction of sp³-hybridized carbons (Fsp3) is 0.286. The largest absolute Gasteiger partial charge is 0.463 e. The number of nitrogens with zero attached hydrogens (tertiary/aromatic N) is 3. The number of ether oxygens (including phenoxy) is 1. The van der Waals surface area contributed by atoms with Crippen molar-refractivity contribution in [3.05, 3.63) is 65.5 Å². The summed E-state index contributed by atoms with van der Waals surface area (Å²) in [5.41, 5.74) is 2.13. The molecule has 5 nitrogen and oxygen atoms in total. The van der Waals surface area contributed by atoms with Crippen LogP contribution in [0.25, 0.3) is 11.4 Å². The Kier molecular flexibility index (Phi) is 5.96. The van der Waals surface area contributed by atoms with Crippen LogP contribution in [0.4, 0.5) is 4.39 Å². The van der Waals surface area contributed by atoms with Crippen LogP contribution in [-0.4, -0.2) is 27.3 Å². The van der Waals surface area contributed by atoms with Gasteiger partial charge in [0.1, 0.15) is 5.82 Å². The van der Waals surface area contributed by atoms with Gasteiger partial charge in [-0.1, -0.05) is 37.6 Å². The summed E-state index contributed by atoms with van der Waals surface area (Å²) in [6.07, 6.45) is 3.21. The number of carbonyl (C=O) groups excluding carboxylic acids is 1. The lowest BCUT2D eigenvalue weighted by atomic mass is 10.1. The van der Waals surface area contributed by atoms with Gasteiger partial charge in [0.05, 0.1) is 6.61 Å². The molecule has 3 aromatic rings. The normalized spacial score (nSPS) is 10.8. The highest BCUT2D eigenvalue weighted by molar-refractivity contribution is 5.97. The number of hydrogen-bond acceptors (Lipinski definition) is 4. The van der Waals surface area contributed by atoms with E-state index in [4.69, 9.17) is 4.74 Å². The summed E-state index contributed by atoms with van der Waals surface area (Å²) in [6, 6.07) is 13.5. The van der Waals surface area contributed by atoms with E-state index in [1.54, 1.807) is 31.2 Å². The van der Waals surface area contributed by atoms with Crippen LogP contribution in [0, 0.1) is 5.82 Å². The third-order valence-electron chi connectivity index (χ3n) is 4.16. The van der Waals surface area contributed by atoms with Crippen molar-refractivity contribution >= 4 is 5.91 Å². The number of hydrogen-bond donors (Lipinski definition) is 0. The first-order valence-electron chi connectivity index (χ1n) is 9.11. The van der Waals surface area contributed by atoms with E-state index in [-0.39, 0.29) is 17.7 Å². The Labute approximate surface area is 157 Å². The van der Waals surface area contributed by atoms with Crippen molar-refractivity contribution in [2.24, 2.45) is 0 Å². The van der Waals surface area contributed by atoms with Crippen molar-refractivity contribution < 1.29 is 13.9 Å². The van der Waals surface area contributed by atoms with Gasteiger partial charge >= 0.3 is 6.01 Å². The number of carbonyl (C=O) groups is 1. The van der Waals surface area contributed by atoms with Gasteiger partial charge in [-0.15, -0.1) is 5.10 Å². The molecule has 140 valence electrons. The van der Waals surface area contributed by atoms with Crippen LogP contribution in [-0.2, 0) is 6.42 Å². The van der Waals surface area contributed by atoms with E-state index in [0.29, 0.717) is 17.7 Å². The third-order valence-corrected chi connectivity index (χ3v) is 4.16. The van der Waals surface area contributed by atoms with Crippen LogP contribution in [0.15, 0.2) is 48.5 Å². The average Bonchev–Trinajstić information content (AvgIpc) is 3.10. The monoisotopic (exact) mass is 367 g/mol. The summed E-state index contributed by atoms with van der Waals surface area (Å²) < 4.78 is 20.1. The van der Waals surface area contributed by atoms with Crippen molar-refractivity contribution in [2.75, 3.05) is 6.61 Å². The fourth-order valence-corrected chi connectivity index (χ4v) is 2.76. The number of rotatable bonds is 7. The van der Waals surface area contributed by atoms with Crippen molar-refractivity contribution in [1.82, 2.24) is 14.8 Å². The predicted octanol–water partition coefficient (Wildman–Crippen LogP) is 4.51. The van der Waals surface area contributed by atoms with Crippen molar-refractivity contribution in [3.8, 4) is 17.4 Å². The molecule has 1 aromatic heterocycles. The van der Waals surface area contributed by atoms with E-state index in [1.807, 2.05) is 12.1 Å². The Balaban J connectivity index is 1.95. The summed E-state index contributed by atoms with van der Waals surface area (Å²) in [4.78, 5) is 17.2. The third kappa shape index (κ3) is 4.39. The molecule has 27 heavy (non-hydrogen) atoms. The van der Waals surface area contributed by atoms with Crippen LogP contribution in [0.3, 0.4) is 0 Å². The van der Waals surface area contributed by atoms with Gasteiger partial charge in [0.15, 0.2) is 5.82 Å². The van der Waals surface area contributed by atoms with Gasteiger partial charge in [0.2, 0.25) is 0 Å². The minimum Gasteiger partial charge on any atom is -0.463 e. The lowest BCUT2D eigenvalue weighted by Crippen LogP contribution is -2.15. The van der Waals surface area contributed by atoms with E-state index in [1.165, 1.54) is 22.4 Å². The molecule has 0 N–H and O–H groups in total. The summed E-state index contributed by atoms with van der Waals surface area (Å²) in [5.74, 6) is -0.500. The number of unbranched alkanes of at least 4 members (excludes halogenated alkanes) is 1. The summed E-state index contributed by atoms with van der Waals surface area (Å²) >= 11 is 0.